The summed E-state index contributed by atoms with van der Waals surface area (Å²) in [6, 6.07) is 24.2. The predicted molar refractivity (Wildman–Crippen MR) is 132 cm³/mol. The predicted octanol–water partition coefficient (Wildman–Crippen LogP) is 5.27. The molecule has 1 N–H and O–H groups in total. The molecule has 1 aliphatic heterocycles. The molecule has 3 heterocycles. The van der Waals surface area contributed by atoms with Crippen molar-refractivity contribution in [2.24, 2.45) is 0 Å². The number of pyridine rings is 1. The Morgan fingerprint density at radius 3 is 2.58 bits per heavy atom. The molecule has 0 amide bonds. The van der Waals surface area contributed by atoms with Crippen molar-refractivity contribution in [1.29, 1.82) is 0 Å². The van der Waals surface area contributed by atoms with Crippen molar-refractivity contribution < 1.29 is 4.92 Å². The van der Waals surface area contributed by atoms with E-state index in [1.807, 2.05) is 72.3 Å². The van der Waals surface area contributed by atoms with E-state index in [1.165, 1.54) is 6.07 Å². The van der Waals surface area contributed by atoms with E-state index in [-0.39, 0.29) is 22.7 Å². The number of aromatic nitrogens is 2. The second-order valence-electron chi connectivity index (χ2n) is 7.92. The van der Waals surface area contributed by atoms with Gasteiger partial charge in [0.2, 0.25) is 0 Å². The van der Waals surface area contributed by atoms with Gasteiger partial charge in [-0.15, -0.1) is 0 Å². The van der Waals surface area contributed by atoms with Gasteiger partial charge in [0.25, 0.3) is 5.69 Å². The van der Waals surface area contributed by atoms with E-state index in [1.54, 1.807) is 18.3 Å². The molecular weight excluding hydrogens is 434 g/mol. The van der Waals surface area contributed by atoms with Crippen molar-refractivity contribution in [1.82, 2.24) is 14.9 Å². The highest BCUT2D eigenvalue weighted by molar-refractivity contribution is 7.80. The van der Waals surface area contributed by atoms with Crippen molar-refractivity contribution >= 4 is 28.7 Å². The molecule has 7 nitrogen and oxygen atoms in total. The maximum atomic E-state index is 11.4. The number of nitrogens with zero attached hydrogens (tertiary/aromatic N) is 4. The van der Waals surface area contributed by atoms with Crippen LogP contribution >= 0.6 is 12.2 Å². The van der Waals surface area contributed by atoms with Gasteiger partial charge >= 0.3 is 0 Å². The average Bonchev–Trinajstić information content (AvgIpc) is 3.44. The molecule has 5 rings (SSSR count). The SMILES string of the molecule is Cc1cccc(N2C(=S)N[C@@H](c3ccccn3)[C@H]2c2cccn2-c2cccc([N+](=O)[O-])c2)c1. The maximum Gasteiger partial charge on any atom is 0.271 e. The van der Waals surface area contributed by atoms with Gasteiger partial charge in [-0.25, -0.2) is 0 Å². The number of aryl methyl sites for hydroxylation is 1. The molecule has 164 valence electrons. The van der Waals surface area contributed by atoms with Crippen LogP contribution in [0.2, 0.25) is 0 Å². The molecule has 1 fully saturated rings. The van der Waals surface area contributed by atoms with Gasteiger partial charge in [-0.3, -0.25) is 15.1 Å². The number of nitro groups is 1. The molecule has 2 atom stereocenters. The van der Waals surface area contributed by atoms with Gasteiger partial charge in [0, 0.05) is 35.9 Å². The van der Waals surface area contributed by atoms with Crippen LogP contribution in [0.4, 0.5) is 11.4 Å². The van der Waals surface area contributed by atoms with E-state index < -0.39 is 0 Å². The first kappa shape index (κ1) is 20.8. The Morgan fingerprint density at radius 2 is 1.82 bits per heavy atom. The first-order valence-electron chi connectivity index (χ1n) is 10.5. The van der Waals surface area contributed by atoms with Gasteiger partial charge in [-0.1, -0.05) is 24.3 Å². The van der Waals surface area contributed by atoms with Gasteiger partial charge in [0.1, 0.15) is 6.04 Å². The lowest BCUT2D eigenvalue weighted by molar-refractivity contribution is -0.384. The molecule has 1 aliphatic rings. The number of non-ortho nitro benzene ring substituents is 1. The topological polar surface area (TPSA) is 76.2 Å². The molecule has 0 radical (unpaired) electrons. The van der Waals surface area contributed by atoms with E-state index >= 15 is 0 Å². The Bertz CT molecular complexity index is 1340. The van der Waals surface area contributed by atoms with Crippen molar-refractivity contribution in [2.45, 2.75) is 19.0 Å². The molecule has 0 saturated carbocycles. The minimum absolute atomic E-state index is 0.0454. The van der Waals surface area contributed by atoms with Crippen LogP contribution in [0, 0.1) is 17.0 Å². The third kappa shape index (κ3) is 3.85. The first-order chi connectivity index (χ1) is 16.0. The summed E-state index contributed by atoms with van der Waals surface area (Å²) in [7, 11) is 0. The van der Waals surface area contributed by atoms with Crippen molar-refractivity contribution in [3.63, 3.8) is 0 Å². The Balaban J connectivity index is 1.67. The van der Waals surface area contributed by atoms with Crippen LogP contribution in [0.3, 0.4) is 0 Å². The summed E-state index contributed by atoms with van der Waals surface area (Å²) in [5.74, 6) is 0. The van der Waals surface area contributed by atoms with E-state index in [0.29, 0.717) is 10.8 Å². The van der Waals surface area contributed by atoms with E-state index in [4.69, 9.17) is 12.2 Å². The lowest BCUT2D eigenvalue weighted by Crippen LogP contribution is -2.30. The van der Waals surface area contributed by atoms with Gasteiger partial charge in [0.15, 0.2) is 5.11 Å². The average molecular weight is 456 g/mol. The van der Waals surface area contributed by atoms with E-state index in [9.17, 15) is 10.1 Å². The molecule has 33 heavy (non-hydrogen) atoms. The summed E-state index contributed by atoms with van der Waals surface area (Å²) in [6.07, 6.45) is 3.69. The number of hydrogen-bond donors (Lipinski definition) is 1. The summed E-state index contributed by atoms with van der Waals surface area (Å²) in [5.41, 5.74) is 4.67. The van der Waals surface area contributed by atoms with Crippen LogP contribution in [0.5, 0.6) is 0 Å². The van der Waals surface area contributed by atoms with Gasteiger partial charge in [-0.2, -0.15) is 0 Å². The largest absolute Gasteiger partial charge is 0.351 e. The van der Waals surface area contributed by atoms with Crippen LogP contribution in [0.15, 0.2) is 91.3 Å². The lowest BCUT2D eigenvalue weighted by atomic mass is 10.0. The number of anilines is 1. The molecule has 1 saturated heterocycles. The number of nitrogens with one attached hydrogen (secondary N) is 1. The Labute approximate surface area is 196 Å². The van der Waals surface area contributed by atoms with Crippen LogP contribution in [-0.4, -0.2) is 19.6 Å². The molecule has 0 bridgehead atoms. The van der Waals surface area contributed by atoms with Crippen LogP contribution in [0.1, 0.15) is 29.0 Å². The fourth-order valence-electron chi connectivity index (χ4n) is 4.34. The summed E-state index contributed by atoms with van der Waals surface area (Å²) >= 11 is 5.80. The summed E-state index contributed by atoms with van der Waals surface area (Å²) in [5, 5.41) is 15.4. The van der Waals surface area contributed by atoms with Crippen molar-refractivity contribution in [2.75, 3.05) is 4.90 Å². The fourth-order valence-corrected chi connectivity index (χ4v) is 4.68. The number of hydrogen-bond acceptors (Lipinski definition) is 4. The highest BCUT2D eigenvalue weighted by atomic mass is 32.1. The number of nitro benzene ring substituents is 1. The Kier molecular flexibility index (Phi) is 5.35. The van der Waals surface area contributed by atoms with Gasteiger partial charge < -0.3 is 14.8 Å². The van der Waals surface area contributed by atoms with E-state index in [0.717, 1.165) is 22.6 Å². The second-order valence-corrected chi connectivity index (χ2v) is 8.30. The highest BCUT2D eigenvalue weighted by Gasteiger charge is 2.42. The van der Waals surface area contributed by atoms with Gasteiger partial charge in [0.05, 0.1) is 22.3 Å². The maximum absolute atomic E-state index is 11.4. The molecule has 0 spiro atoms. The molecule has 0 unspecified atom stereocenters. The van der Waals surface area contributed by atoms with Crippen molar-refractivity contribution in [3.05, 3.63) is 118 Å². The highest BCUT2D eigenvalue weighted by Crippen LogP contribution is 2.42. The van der Waals surface area contributed by atoms with Crippen LogP contribution in [-0.2, 0) is 0 Å². The monoisotopic (exact) mass is 455 g/mol. The minimum Gasteiger partial charge on any atom is -0.351 e. The smallest absolute Gasteiger partial charge is 0.271 e. The lowest BCUT2D eigenvalue weighted by Gasteiger charge is -2.29. The zero-order chi connectivity index (χ0) is 22.9. The first-order valence-corrected chi connectivity index (χ1v) is 10.9. The van der Waals surface area contributed by atoms with Crippen molar-refractivity contribution in [3.8, 4) is 5.69 Å². The standard InChI is InChI=1S/C25H21N5O2S/c1-17-7-4-9-19(15-17)29-24(23(27-25(29)33)21-11-2-3-13-26-21)22-12-6-14-28(22)18-8-5-10-20(16-18)30(31)32/h2-16,23-24H,1H3,(H,27,33)/t23-,24+/m0/s1. The number of benzene rings is 2. The molecular formula is C25H21N5O2S. The second kappa shape index (κ2) is 8.48. The zero-order valence-electron chi connectivity index (χ0n) is 17.8. The summed E-state index contributed by atoms with van der Waals surface area (Å²) < 4.78 is 1.98. The fraction of sp³-hybridized carbons (Fsp3) is 0.120. The summed E-state index contributed by atoms with van der Waals surface area (Å²) in [6.45, 7) is 2.05. The Morgan fingerprint density at radius 1 is 1.00 bits per heavy atom. The zero-order valence-corrected chi connectivity index (χ0v) is 18.6. The third-order valence-electron chi connectivity index (χ3n) is 5.78. The van der Waals surface area contributed by atoms with Crippen LogP contribution < -0.4 is 10.2 Å². The third-order valence-corrected chi connectivity index (χ3v) is 6.09. The molecule has 4 aromatic rings. The van der Waals surface area contributed by atoms with E-state index in [2.05, 4.69) is 21.3 Å². The van der Waals surface area contributed by atoms with Gasteiger partial charge in [-0.05, 0) is 67.2 Å². The number of rotatable bonds is 5. The van der Waals surface area contributed by atoms with Crippen LogP contribution in [0.25, 0.3) is 5.69 Å². The summed E-state index contributed by atoms with van der Waals surface area (Å²) in [4.78, 5) is 17.7. The minimum atomic E-state index is -0.380. The quantitative estimate of drug-likeness (QED) is 0.251. The normalized spacial score (nSPS) is 17.7. The number of thiocarbonyl (C=S) groups is 1. The molecule has 8 heteroatoms. The molecule has 0 aliphatic carbocycles. The molecule has 2 aromatic carbocycles. The molecule has 2 aromatic heterocycles. The Hall–Kier alpha value is -4.04.